The second-order valence-electron chi connectivity index (χ2n) is 5.02. The molecule has 0 saturated carbocycles. The Morgan fingerprint density at radius 1 is 1.40 bits per heavy atom. The van der Waals surface area contributed by atoms with Crippen LogP contribution in [0, 0.1) is 11.2 Å². The van der Waals surface area contributed by atoms with Crippen LogP contribution < -0.4 is 5.32 Å². The van der Waals surface area contributed by atoms with Crippen LogP contribution in [0.2, 0.25) is 0 Å². The Labute approximate surface area is 125 Å². The zero-order chi connectivity index (χ0) is 14.8. The molecule has 1 N–H and O–H groups in total. The third-order valence-corrected chi connectivity index (χ3v) is 4.24. The first-order chi connectivity index (χ1) is 9.42. The fourth-order valence-electron chi connectivity index (χ4n) is 1.41. The molecule has 1 amide bonds. The van der Waals surface area contributed by atoms with E-state index in [1.165, 1.54) is 23.5 Å². The van der Waals surface area contributed by atoms with Gasteiger partial charge in [-0.2, -0.15) is 0 Å². The van der Waals surface area contributed by atoms with E-state index in [1.54, 1.807) is 26.0 Å². The van der Waals surface area contributed by atoms with Crippen LogP contribution in [0.15, 0.2) is 29.6 Å². The largest absolute Gasteiger partial charge is 0.301 e. The van der Waals surface area contributed by atoms with E-state index in [-0.39, 0.29) is 17.6 Å². The molecule has 1 heterocycles. The molecule has 1 aromatic heterocycles. The van der Waals surface area contributed by atoms with Gasteiger partial charge in [-0.3, -0.25) is 4.79 Å². The number of anilines is 1. The van der Waals surface area contributed by atoms with Gasteiger partial charge in [0.25, 0.3) is 0 Å². The monoisotopic (exact) mass is 312 g/mol. The minimum absolute atomic E-state index is 0.174. The number of thiazole rings is 1. The third kappa shape index (κ3) is 3.35. The number of aromatic nitrogens is 1. The smallest absolute Gasteiger partial charge is 0.233 e. The van der Waals surface area contributed by atoms with Crippen LogP contribution in [-0.4, -0.2) is 16.8 Å². The van der Waals surface area contributed by atoms with E-state index in [2.05, 4.69) is 10.3 Å². The standard InChI is InChI=1S/C14H14ClFN2OS/c1-14(2,8-15)12(19)18-13-17-11(7-20-13)9-3-5-10(16)6-4-9/h3-7H,8H2,1-2H3,(H,17,18,19). The molecule has 2 aromatic rings. The first-order valence-corrected chi connectivity index (χ1v) is 7.43. The highest BCUT2D eigenvalue weighted by molar-refractivity contribution is 7.14. The quantitative estimate of drug-likeness (QED) is 0.862. The van der Waals surface area contributed by atoms with E-state index in [4.69, 9.17) is 11.6 Å². The number of rotatable bonds is 4. The number of benzene rings is 1. The SMILES string of the molecule is CC(C)(CCl)C(=O)Nc1nc(-c2ccc(F)cc2)cs1. The summed E-state index contributed by atoms with van der Waals surface area (Å²) in [7, 11) is 0. The van der Waals surface area contributed by atoms with E-state index in [0.717, 1.165) is 5.56 Å². The number of carbonyl (C=O) groups excluding carboxylic acids is 1. The van der Waals surface area contributed by atoms with Crippen molar-refractivity contribution < 1.29 is 9.18 Å². The number of nitrogens with zero attached hydrogens (tertiary/aromatic N) is 1. The van der Waals surface area contributed by atoms with Gasteiger partial charge in [0.2, 0.25) is 5.91 Å². The van der Waals surface area contributed by atoms with Gasteiger partial charge in [0.05, 0.1) is 11.1 Å². The summed E-state index contributed by atoms with van der Waals surface area (Å²) in [5.41, 5.74) is 0.859. The number of hydrogen-bond acceptors (Lipinski definition) is 3. The highest BCUT2D eigenvalue weighted by Gasteiger charge is 2.27. The van der Waals surface area contributed by atoms with Crippen molar-refractivity contribution in [1.29, 1.82) is 0 Å². The molecule has 6 heteroatoms. The molecule has 0 unspecified atom stereocenters. The first kappa shape index (κ1) is 14.9. The number of hydrogen-bond donors (Lipinski definition) is 1. The lowest BCUT2D eigenvalue weighted by Gasteiger charge is -2.18. The van der Waals surface area contributed by atoms with Gasteiger partial charge in [-0.1, -0.05) is 0 Å². The van der Waals surface area contributed by atoms with Crippen molar-refractivity contribution in [3.63, 3.8) is 0 Å². The minimum Gasteiger partial charge on any atom is -0.301 e. The van der Waals surface area contributed by atoms with Crippen LogP contribution in [0.3, 0.4) is 0 Å². The Hall–Kier alpha value is -1.46. The summed E-state index contributed by atoms with van der Waals surface area (Å²) in [4.78, 5) is 16.3. The maximum absolute atomic E-state index is 12.9. The molecule has 0 saturated heterocycles. The first-order valence-electron chi connectivity index (χ1n) is 6.01. The lowest BCUT2D eigenvalue weighted by atomic mass is 9.95. The molecule has 0 bridgehead atoms. The van der Waals surface area contributed by atoms with Crippen molar-refractivity contribution in [1.82, 2.24) is 4.98 Å². The van der Waals surface area contributed by atoms with Crippen LogP contribution in [0.5, 0.6) is 0 Å². The molecule has 20 heavy (non-hydrogen) atoms. The van der Waals surface area contributed by atoms with Crippen molar-refractivity contribution in [2.75, 3.05) is 11.2 Å². The molecule has 3 nitrogen and oxygen atoms in total. The predicted octanol–water partition coefficient (Wildman–Crippen LogP) is 4.15. The summed E-state index contributed by atoms with van der Waals surface area (Å²) in [5, 5.41) is 5.07. The predicted molar refractivity (Wildman–Crippen MR) is 80.6 cm³/mol. The van der Waals surface area contributed by atoms with E-state index >= 15 is 0 Å². The summed E-state index contributed by atoms with van der Waals surface area (Å²) in [5.74, 6) is -0.233. The Morgan fingerprint density at radius 2 is 2.05 bits per heavy atom. The fourth-order valence-corrected chi connectivity index (χ4v) is 2.25. The molecule has 1 aromatic carbocycles. The molecular weight excluding hydrogens is 299 g/mol. The van der Waals surface area contributed by atoms with Gasteiger partial charge in [0.1, 0.15) is 5.82 Å². The van der Waals surface area contributed by atoms with Gasteiger partial charge in [-0.25, -0.2) is 9.37 Å². The van der Waals surface area contributed by atoms with Crippen molar-refractivity contribution in [3.05, 3.63) is 35.5 Å². The van der Waals surface area contributed by atoms with Crippen LogP contribution in [-0.2, 0) is 4.79 Å². The summed E-state index contributed by atoms with van der Waals surface area (Å²) in [6.45, 7) is 3.54. The Morgan fingerprint density at radius 3 is 2.65 bits per heavy atom. The molecule has 0 aliphatic carbocycles. The summed E-state index contributed by atoms with van der Waals surface area (Å²) in [6.07, 6.45) is 0. The summed E-state index contributed by atoms with van der Waals surface area (Å²) in [6, 6.07) is 6.06. The van der Waals surface area contributed by atoms with E-state index in [1.807, 2.05) is 5.38 Å². The fraction of sp³-hybridized carbons (Fsp3) is 0.286. The van der Waals surface area contributed by atoms with Gasteiger partial charge >= 0.3 is 0 Å². The molecule has 0 aliphatic rings. The lowest BCUT2D eigenvalue weighted by molar-refractivity contribution is -0.122. The number of carbonyl (C=O) groups is 1. The number of halogens is 2. The van der Waals surface area contributed by atoms with Crippen LogP contribution in [0.25, 0.3) is 11.3 Å². The van der Waals surface area contributed by atoms with Crippen molar-refractivity contribution in [2.24, 2.45) is 5.41 Å². The Bertz CT molecular complexity index is 610. The number of alkyl halides is 1. The van der Waals surface area contributed by atoms with Gasteiger partial charge in [0.15, 0.2) is 5.13 Å². The Kier molecular flexibility index (Phi) is 4.40. The minimum atomic E-state index is -0.650. The topological polar surface area (TPSA) is 42.0 Å². The number of nitrogens with one attached hydrogen (secondary N) is 1. The molecule has 0 spiro atoms. The second-order valence-corrected chi connectivity index (χ2v) is 6.14. The van der Waals surface area contributed by atoms with E-state index < -0.39 is 5.41 Å². The van der Waals surface area contributed by atoms with Gasteiger partial charge in [-0.15, -0.1) is 22.9 Å². The maximum atomic E-state index is 12.9. The van der Waals surface area contributed by atoms with Crippen LogP contribution in [0.4, 0.5) is 9.52 Å². The zero-order valence-corrected chi connectivity index (χ0v) is 12.7. The average Bonchev–Trinajstić information content (AvgIpc) is 2.88. The summed E-state index contributed by atoms with van der Waals surface area (Å²) < 4.78 is 12.9. The van der Waals surface area contributed by atoms with Gasteiger partial charge in [-0.05, 0) is 38.1 Å². The normalized spacial score (nSPS) is 11.4. The number of amides is 1. The third-order valence-electron chi connectivity index (χ3n) is 2.81. The Balaban J connectivity index is 2.14. The highest BCUT2D eigenvalue weighted by Crippen LogP contribution is 2.27. The van der Waals surface area contributed by atoms with Crippen molar-refractivity contribution in [3.8, 4) is 11.3 Å². The van der Waals surface area contributed by atoms with Crippen molar-refractivity contribution in [2.45, 2.75) is 13.8 Å². The van der Waals surface area contributed by atoms with Gasteiger partial charge < -0.3 is 5.32 Å². The summed E-state index contributed by atoms with van der Waals surface area (Å²) >= 11 is 7.08. The zero-order valence-electron chi connectivity index (χ0n) is 11.1. The van der Waals surface area contributed by atoms with Crippen LogP contribution in [0.1, 0.15) is 13.8 Å². The molecule has 0 atom stereocenters. The molecule has 106 valence electrons. The molecule has 0 fully saturated rings. The maximum Gasteiger partial charge on any atom is 0.233 e. The van der Waals surface area contributed by atoms with Crippen LogP contribution >= 0.6 is 22.9 Å². The van der Waals surface area contributed by atoms with Crippen molar-refractivity contribution >= 4 is 34.0 Å². The second kappa shape index (κ2) is 5.89. The van der Waals surface area contributed by atoms with E-state index in [9.17, 15) is 9.18 Å². The molecule has 0 radical (unpaired) electrons. The van der Waals surface area contributed by atoms with Gasteiger partial charge in [0, 0.05) is 16.8 Å². The molecule has 2 rings (SSSR count). The average molecular weight is 313 g/mol. The lowest BCUT2D eigenvalue weighted by Crippen LogP contribution is -2.32. The molecule has 0 aliphatic heterocycles. The molecular formula is C14H14ClFN2OS. The highest BCUT2D eigenvalue weighted by atomic mass is 35.5. The van der Waals surface area contributed by atoms with E-state index in [0.29, 0.717) is 10.8 Å².